The van der Waals surface area contributed by atoms with Gasteiger partial charge in [-0.1, -0.05) is 17.7 Å². The van der Waals surface area contributed by atoms with Crippen molar-refractivity contribution in [1.29, 1.82) is 0 Å². The van der Waals surface area contributed by atoms with Crippen LogP contribution in [0.4, 0.5) is 5.69 Å². The largest absolute Gasteiger partial charge is 0.454 e. The van der Waals surface area contributed by atoms with E-state index in [-0.39, 0.29) is 6.79 Å². The van der Waals surface area contributed by atoms with Crippen LogP contribution >= 0.6 is 23.8 Å². The van der Waals surface area contributed by atoms with Gasteiger partial charge >= 0.3 is 0 Å². The van der Waals surface area contributed by atoms with Crippen molar-refractivity contribution in [1.82, 2.24) is 5.43 Å². The summed E-state index contributed by atoms with van der Waals surface area (Å²) in [5, 5.41) is 8.08. The molecule has 0 aliphatic carbocycles. The summed E-state index contributed by atoms with van der Waals surface area (Å²) in [6, 6.07) is 12.8. The first-order valence-electron chi connectivity index (χ1n) is 6.46. The summed E-state index contributed by atoms with van der Waals surface area (Å²) in [6.07, 6.45) is 1.65. The minimum absolute atomic E-state index is 0.252. The van der Waals surface area contributed by atoms with Crippen molar-refractivity contribution in [2.45, 2.75) is 0 Å². The van der Waals surface area contributed by atoms with Gasteiger partial charge < -0.3 is 14.8 Å². The van der Waals surface area contributed by atoms with Gasteiger partial charge in [0, 0.05) is 10.7 Å². The summed E-state index contributed by atoms with van der Waals surface area (Å²) in [5.74, 6) is 1.45. The van der Waals surface area contributed by atoms with Crippen LogP contribution in [0, 0.1) is 0 Å². The maximum absolute atomic E-state index is 5.90. The van der Waals surface area contributed by atoms with E-state index in [2.05, 4.69) is 15.8 Å². The van der Waals surface area contributed by atoms with E-state index in [0.29, 0.717) is 15.9 Å². The third-order valence-electron chi connectivity index (χ3n) is 2.86. The van der Waals surface area contributed by atoms with Crippen LogP contribution in [-0.4, -0.2) is 18.1 Å². The number of nitrogens with one attached hydrogen (secondary N) is 2. The zero-order valence-electron chi connectivity index (χ0n) is 11.4. The van der Waals surface area contributed by atoms with Crippen LogP contribution in [0.25, 0.3) is 0 Å². The van der Waals surface area contributed by atoms with Gasteiger partial charge in [0.1, 0.15) is 0 Å². The third kappa shape index (κ3) is 3.66. The average molecular weight is 334 g/mol. The number of hydrogen-bond donors (Lipinski definition) is 2. The molecule has 0 saturated carbocycles. The van der Waals surface area contributed by atoms with E-state index in [4.69, 9.17) is 33.3 Å². The molecule has 0 bridgehead atoms. The standard InChI is InChI=1S/C15H12ClN3O2S/c16-11-2-1-3-12(7-11)18-15(22)19-17-8-10-4-5-13-14(6-10)21-9-20-13/h1-8H,9H2,(H2,18,19,22)/b17-8-. The van der Waals surface area contributed by atoms with Crippen LogP contribution in [0.1, 0.15) is 5.56 Å². The number of hydrogen-bond acceptors (Lipinski definition) is 4. The summed E-state index contributed by atoms with van der Waals surface area (Å²) in [6.45, 7) is 0.252. The molecule has 3 rings (SSSR count). The lowest BCUT2D eigenvalue weighted by atomic mass is 10.2. The highest BCUT2D eigenvalue weighted by molar-refractivity contribution is 7.80. The van der Waals surface area contributed by atoms with Crippen molar-refractivity contribution in [3.05, 3.63) is 53.1 Å². The van der Waals surface area contributed by atoms with E-state index in [1.165, 1.54) is 0 Å². The van der Waals surface area contributed by atoms with E-state index in [1.54, 1.807) is 18.3 Å². The molecule has 7 heteroatoms. The molecule has 5 nitrogen and oxygen atoms in total. The Kier molecular flexibility index (Phi) is 4.41. The number of halogens is 1. The number of thiocarbonyl (C=S) groups is 1. The maximum Gasteiger partial charge on any atom is 0.231 e. The van der Waals surface area contributed by atoms with E-state index in [9.17, 15) is 0 Å². The molecular weight excluding hydrogens is 322 g/mol. The Balaban J connectivity index is 1.56. The normalized spacial score (nSPS) is 12.4. The number of rotatable bonds is 3. The molecule has 0 amide bonds. The van der Waals surface area contributed by atoms with E-state index >= 15 is 0 Å². The highest BCUT2D eigenvalue weighted by Crippen LogP contribution is 2.31. The smallest absolute Gasteiger partial charge is 0.231 e. The SMILES string of the molecule is S=C(N/N=C\c1ccc2c(c1)OCO2)Nc1cccc(Cl)c1. The van der Waals surface area contributed by atoms with Crippen molar-refractivity contribution in [3.63, 3.8) is 0 Å². The van der Waals surface area contributed by atoms with Crippen molar-refractivity contribution >= 4 is 40.8 Å². The second-order valence-electron chi connectivity index (χ2n) is 4.45. The fourth-order valence-electron chi connectivity index (χ4n) is 1.88. The summed E-state index contributed by atoms with van der Waals surface area (Å²) >= 11 is 11.1. The molecule has 0 unspecified atom stereocenters. The van der Waals surface area contributed by atoms with Gasteiger partial charge in [-0.2, -0.15) is 5.10 Å². The molecule has 0 atom stereocenters. The number of fused-ring (bicyclic) bond motifs is 1. The fraction of sp³-hybridized carbons (Fsp3) is 0.0667. The molecule has 1 heterocycles. The van der Waals surface area contributed by atoms with Gasteiger partial charge in [0.2, 0.25) is 6.79 Å². The summed E-state index contributed by atoms with van der Waals surface area (Å²) in [7, 11) is 0. The molecule has 1 aliphatic rings. The molecule has 2 aromatic rings. The molecule has 2 aromatic carbocycles. The number of benzene rings is 2. The van der Waals surface area contributed by atoms with Crippen molar-refractivity contribution in [2.75, 3.05) is 12.1 Å². The quantitative estimate of drug-likeness (QED) is 0.512. The predicted octanol–water partition coefficient (Wildman–Crippen LogP) is 3.39. The van der Waals surface area contributed by atoms with E-state index in [1.807, 2.05) is 30.3 Å². The number of anilines is 1. The molecule has 0 aromatic heterocycles. The highest BCUT2D eigenvalue weighted by atomic mass is 35.5. The van der Waals surface area contributed by atoms with Gasteiger partial charge in [0.05, 0.1) is 6.21 Å². The van der Waals surface area contributed by atoms with Crippen molar-refractivity contribution < 1.29 is 9.47 Å². The second kappa shape index (κ2) is 6.64. The molecule has 0 fully saturated rings. The van der Waals surface area contributed by atoms with Gasteiger partial charge in [-0.25, -0.2) is 0 Å². The zero-order chi connectivity index (χ0) is 15.4. The van der Waals surface area contributed by atoms with Crippen LogP contribution in [0.5, 0.6) is 11.5 Å². The summed E-state index contributed by atoms with van der Waals surface area (Å²) < 4.78 is 10.6. The molecular formula is C15H12ClN3O2S. The second-order valence-corrected chi connectivity index (χ2v) is 5.29. The maximum atomic E-state index is 5.90. The lowest BCUT2D eigenvalue weighted by Crippen LogP contribution is -2.23. The molecule has 112 valence electrons. The van der Waals surface area contributed by atoms with Gasteiger partial charge in [-0.05, 0) is 54.2 Å². The Hall–Kier alpha value is -2.31. The van der Waals surface area contributed by atoms with E-state index < -0.39 is 0 Å². The number of ether oxygens (including phenoxy) is 2. The molecule has 22 heavy (non-hydrogen) atoms. The first-order valence-corrected chi connectivity index (χ1v) is 7.24. The minimum Gasteiger partial charge on any atom is -0.454 e. The Bertz CT molecular complexity index is 736. The molecule has 0 radical (unpaired) electrons. The Morgan fingerprint density at radius 1 is 1.18 bits per heavy atom. The van der Waals surface area contributed by atoms with Crippen LogP contribution in [-0.2, 0) is 0 Å². The number of nitrogens with zero attached hydrogens (tertiary/aromatic N) is 1. The Labute approximate surface area is 137 Å². The van der Waals surface area contributed by atoms with Crippen LogP contribution in [0.2, 0.25) is 5.02 Å². The van der Waals surface area contributed by atoms with Gasteiger partial charge in [-0.15, -0.1) is 0 Å². The van der Waals surface area contributed by atoms with Gasteiger partial charge in [0.25, 0.3) is 0 Å². The Morgan fingerprint density at radius 2 is 2.05 bits per heavy atom. The predicted molar refractivity (Wildman–Crippen MR) is 91.0 cm³/mol. The lowest BCUT2D eigenvalue weighted by molar-refractivity contribution is 0.174. The Morgan fingerprint density at radius 3 is 2.91 bits per heavy atom. The first kappa shape index (κ1) is 14.6. The van der Waals surface area contributed by atoms with Gasteiger partial charge in [-0.3, -0.25) is 5.43 Å². The van der Waals surface area contributed by atoms with Crippen molar-refractivity contribution in [2.24, 2.45) is 5.10 Å². The van der Waals surface area contributed by atoms with Gasteiger partial charge in [0.15, 0.2) is 16.6 Å². The van der Waals surface area contributed by atoms with Crippen molar-refractivity contribution in [3.8, 4) is 11.5 Å². The topological polar surface area (TPSA) is 54.9 Å². The van der Waals surface area contributed by atoms with Crippen LogP contribution < -0.4 is 20.2 Å². The zero-order valence-corrected chi connectivity index (χ0v) is 12.9. The monoisotopic (exact) mass is 333 g/mol. The minimum atomic E-state index is 0.252. The number of hydrazone groups is 1. The van der Waals surface area contributed by atoms with Crippen LogP contribution in [0.15, 0.2) is 47.6 Å². The summed E-state index contributed by atoms with van der Waals surface area (Å²) in [5.41, 5.74) is 4.41. The summed E-state index contributed by atoms with van der Waals surface area (Å²) in [4.78, 5) is 0. The fourth-order valence-corrected chi connectivity index (χ4v) is 2.24. The van der Waals surface area contributed by atoms with E-state index in [0.717, 1.165) is 17.0 Å². The average Bonchev–Trinajstić information content (AvgIpc) is 2.95. The molecule has 0 saturated heterocycles. The lowest BCUT2D eigenvalue weighted by Gasteiger charge is -2.06. The molecule has 2 N–H and O–H groups in total. The van der Waals surface area contributed by atoms with Crippen LogP contribution in [0.3, 0.4) is 0 Å². The molecule has 1 aliphatic heterocycles. The first-order chi connectivity index (χ1) is 10.7. The highest BCUT2D eigenvalue weighted by Gasteiger charge is 2.12. The third-order valence-corrected chi connectivity index (χ3v) is 3.29. The molecule has 0 spiro atoms.